The number of ketones is 1. The quantitative estimate of drug-likeness (QED) is 0.836. The van der Waals surface area contributed by atoms with Crippen molar-refractivity contribution < 1.29 is 4.79 Å². The van der Waals surface area contributed by atoms with Crippen LogP contribution in [0.25, 0.3) is 10.9 Å². The van der Waals surface area contributed by atoms with E-state index >= 15 is 0 Å². The molecule has 17 heavy (non-hydrogen) atoms. The molecule has 3 rings (SSSR count). The number of fused-ring (bicyclic) bond motifs is 1. The smallest absolute Gasteiger partial charge is 0.181 e. The largest absolute Gasteiger partial charge is 0.360 e. The van der Waals surface area contributed by atoms with Crippen molar-refractivity contribution >= 4 is 32.6 Å². The van der Waals surface area contributed by atoms with Crippen molar-refractivity contribution in [1.82, 2.24) is 10.3 Å². The molecule has 1 unspecified atom stereocenters. The maximum absolute atomic E-state index is 12.3. The van der Waals surface area contributed by atoms with Gasteiger partial charge in [0.2, 0.25) is 0 Å². The van der Waals surface area contributed by atoms with Crippen molar-refractivity contribution in [3.63, 3.8) is 0 Å². The first-order valence-electron chi connectivity index (χ1n) is 5.80. The maximum Gasteiger partial charge on any atom is 0.181 e. The summed E-state index contributed by atoms with van der Waals surface area (Å²) in [6, 6.07) is 5.94. The molecule has 1 aromatic carbocycles. The van der Waals surface area contributed by atoms with Crippen molar-refractivity contribution in [2.24, 2.45) is 0 Å². The van der Waals surface area contributed by atoms with E-state index in [0.29, 0.717) is 0 Å². The summed E-state index contributed by atoms with van der Waals surface area (Å²) in [6.45, 7) is 0.949. The van der Waals surface area contributed by atoms with E-state index in [4.69, 9.17) is 0 Å². The fourth-order valence-electron chi connectivity index (χ4n) is 2.40. The van der Waals surface area contributed by atoms with Crippen molar-refractivity contribution in [2.45, 2.75) is 18.9 Å². The molecule has 0 aliphatic carbocycles. The summed E-state index contributed by atoms with van der Waals surface area (Å²) in [5, 5.41) is 4.25. The Balaban J connectivity index is 2.02. The van der Waals surface area contributed by atoms with Gasteiger partial charge in [0.1, 0.15) is 0 Å². The highest BCUT2D eigenvalue weighted by Crippen LogP contribution is 2.24. The number of aromatic nitrogens is 1. The molecule has 1 saturated heterocycles. The molecular weight excluding hydrogens is 280 g/mol. The highest BCUT2D eigenvalue weighted by atomic mass is 79.9. The normalized spacial score (nSPS) is 19.9. The van der Waals surface area contributed by atoms with Crippen molar-refractivity contribution in [1.29, 1.82) is 0 Å². The second-order valence-corrected chi connectivity index (χ2v) is 5.32. The zero-order valence-electron chi connectivity index (χ0n) is 9.29. The molecule has 0 amide bonds. The van der Waals surface area contributed by atoms with Gasteiger partial charge in [-0.15, -0.1) is 0 Å². The number of halogens is 1. The van der Waals surface area contributed by atoms with Gasteiger partial charge in [-0.05, 0) is 31.5 Å². The molecule has 2 N–H and O–H groups in total. The Kier molecular flexibility index (Phi) is 2.76. The van der Waals surface area contributed by atoms with Crippen LogP contribution in [0, 0.1) is 0 Å². The molecule has 2 heterocycles. The van der Waals surface area contributed by atoms with E-state index in [1.54, 1.807) is 0 Å². The van der Waals surface area contributed by atoms with Gasteiger partial charge in [0.05, 0.1) is 6.04 Å². The number of carbonyl (C=O) groups is 1. The van der Waals surface area contributed by atoms with Gasteiger partial charge in [0.15, 0.2) is 5.78 Å². The van der Waals surface area contributed by atoms with Crippen LogP contribution in [0.5, 0.6) is 0 Å². The number of nitrogens with one attached hydrogen (secondary N) is 2. The molecule has 2 aromatic rings. The fraction of sp³-hybridized carbons (Fsp3) is 0.308. The van der Waals surface area contributed by atoms with E-state index in [1.165, 1.54) is 0 Å². The topological polar surface area (TPSA) is 44.9 Å². The number of benzene rings is 1. The molecule has 1 aliphatic rings. The minimum atomic E-state index is -0.00218. The van der Waals surface area contributed by atoms with Crippen LogP contribution in [-0.2, 0) is 0 Å². The van der Waals surface area contributed by atoms with Crippen molar-refractivity contribution in [2.75, 3.05) is 6.54 Å². The summed E-state index contributed by atoms with van der Waals surface area (Å²) in [4.78, 5) is 15.5. The molecule has 4 heteroatoms. The summed E-state index contributed by atoms with van der Waals surface area (Å²) in [7, 11) is 0. The number of carbonyl (C=O) groups excluding carboxylic acids is 1. The van der Waals surface area contributed by atoms with Gasteiger partial charge in [0, 0.05) is 27.1 Å². The molecule has 1 atom stereocenters. The zero-order chi connectivity index (χ0) is 11.8. The lowest BCUT2D eigenvalue weighted by Gasteiger charge is -2.07. The van der Waals surface area contributed by atoms with E-state index < -0.39 is 0 Å². The number of Topliss-reactive ketones (excluding diaryl/α,β-unsaturated/α-hetero) is 1. The number of H-pyrrole nitrogens is 1. The van der Waals surface area contributed by atoms with E-state index in [1.807, 2.05) is 24.4 Å². The number of hydrogen-bond acceptors (Lipinski definition) is 2. The predicted molar refractivity (Wildman–Crippen MR) is 71.4 cm³/mol. The molecule has 0 spiro atoms. The molecule has 0 bridgehead atoms. The highest BCUT2D eigenvalue weighted by Gasteiger charge is 2.25. The SMILES string of the molecule is O=C(c1c[nH]c2cc(Br)ccc12)C1CCCN1. The van der Waals surface area contributed by atoms with Crippen molar-refractivity contribution in [3.05, 3.63) is 34.4 Å². The average Bonchev–Trinajstić information content (AvgIpc) is 2.96. The molecule has 88 valence electrons. The molecule has 3 nitrogen and oxygen atoms in total. The van der Waals surface area contributed by atoms with Gasteiger partial charge in [-0.2, -0.15) is 0 Å². The lowest BCUT2D eigenvalue weighted by molar-refractivity contribution is 0.0954. The minimum Gasteiger partial charge on any atom is -0.360 e. The standard InChI is InChI=1S/C13H13BrN2O/c14-8-3-4-9-10(7-16-12(9)6-8)13(17)11-2-1-5-15-11/h3-4,6-7,11,15-16H,1-2,5H2. The maximum atomic E-state index is 12.3. The van der Waals surface area contributed by atoms with Gasteiger partial charge in [-0.25, -0.2) is 0 Å². The predicted octanol–water partition coefficient (Wildman–Crippen LogP) is 2.87. The zero-order valence-corrected chi connectivity index (χ0v) is 10.9. The van der Waals surface area contributed by atoms with Crippen LogP contribution < -0.4 is 5.32 Å². The second-order valence-electron chi connectivity index (χ2n) is 4.41. The van der Waals surface area contributed by atoms with Crippen LogP contribution in [-0.4, -0.2) is 23.4 Å². The molecule has 1 fully saturated rings. The molecule has 1 aromatic heterocycles. The Labute approximate surface area is 108 Å². The monoisotopic (exact) mass is 292 g/mol. The molecular formula is C13H13BrN2O. The Bertz CT molecular complexity index is 570. The summed E-state index contributed by atoms with van der Waals surface area (Å²) in [5.41, 5.74) is 1.80. The Morgan fingerprint density at radius 2 is 2.29 bits per heavy atom. The lowest BCUT2D eigenvalue weighted by atomic mass is 10.0. The summed E-state index contributed by atoms with van der Waals surface area (Å²) >= 11 is 3.43. The highest BCUT2D eigenvalue weighted by molar-refractivity contribution is 9.10. The average molecular weight is 293 g/mol. The lowest BCUT2D eigenvalue weighted by Crippen LogP contribution is -2.30. The van der Waals surface area contributed by atoms with E-state index in [2.05, 4.69) is 26.2 Å². The first-order chi connectivity index (χ1) is 8.25. The minimum absolute atomic E-state index is 0.00218. The third-order valence-electron chi connectivity index (χ3n) is 3.29. The Hall–Kier alpha value is -1.13. The molecule has 0 saturated carbocycles. The third-order valence-corrected chi connectivity index (χ3v) is 3.78. The summed E-state index contributed by atoms with van der Waals surface area (Å²) in [5.74, 6) is 0.205. The first-order valence-corrected chi connectivity index (χ1v) is 6.59. The number of hydrogen-bond donors (Lipinski definition) is 2. The molecule has 0 radical (unpaired) electrons. The number of rotatable bonds is 2. The third kappa shape index (κ3) is 1.91. The van der Waals surface area contributed by atoms with E-state index in [0.717, 1.165) is 40.3 Å². The van der Waals surface area contributed by atoms with Crippen molar-refractivity contribution in [3.8, 4) is 0 Å². The van der Waals surface area contributed by atoms with Crippen LogP contribution in [0.4, 0.5) is 0 Å². The van der Waals surface area contributed by atoms with Crippen LogP contribution in [0.1, 0.15) is 23.2 Å². The van der Waals surface area contributed by atoms with Gasteiger partial charge in [-0.3, -0.25) is 4.79 Å². The second kappa shape index (κ2) is 4.27. The number of aromatic amines is 1. The van der Waals surface area contributed by atoms with Crippen LogP contribution in [0.2, 0.25) is 0 Å². The van der Waals surface area contributed by atoms with Gasteiger partial charge in [0.25, 0.3) is 0 Å². The van der Waals surface area contributed by atoms with E-state index in [9.17, 15) is 4.79 Å². The van der Waals surface area contributed by atoms with Crippen LogP contribution in [0.15, 0.2) is 28.9 Å². The van der Waals surface area contributed by atoms with Gasteiger partial charge < -0.3 is 10.3 Å². The van der Waals surface area contributed by atoms with E-state index in [-0.39, 0.29) is 11.8 Å². The Morgan fingerprint density at radius 1 is 1.41 bits per heavy atom. The molecule has 1 aliphatic heterocycles. The summed E-state index contributed by atoms with van der Waals surface area (Å²) in [6.07, 6.45) is 3.85. The Morgan fingerprint density at radius 3 is 3.06 bits per heavy atom. The van der Waals surface area contributed by atoms with Gasteiger partial charge >= 0.3 is 0 Å². The van der Waals surface area contributed by atoms with Crippen LogP contribution >= 0.6 is 15.9 Å². The van der Waals surface area contributed by atoms with Gasteiger partial charge in [-0.1, -0.05) is 22.0 Å². The fourth-order valence-corrected chi connectivity index (χ4v) is 2.76. The summed E-state index contributed by atoms with van der Waals surface area (Å²) < 4.78 is 1.02. The first kappa shape index (κ1) is 11.0. The van der Waals surface area contributed by atoms with Crippen LogP contribution in [0.3, 0.4) is 0 Å².